The summed E-state index contributed by atoms with van der Waals surface area (Å²) in [5.41, 5.74) is 6.53. The van der Waals surface area contributed by atoms with Gasteiger partial charge in [0.1, 0.15) is 0 Å². The van der Waals surface area contributed by atoms with Gasteiger partial charge in [-0.05, 0) is 37.1 Å². The van der Waals surface area contributed by atoms with E-state index >= 15 is 0 Å². The van der Waals surface area contributed by atoms with Crippen molar-refractivity contribution in [1.29, 1.82) is 0 Å². The van der Waals surface area contributed by atoms with Crippen LogP contribution in [0.2, 0.25) is 10.2 Å². The Morgan fingerprint density at radius 1 is 1.09 bits per heavy atom. The molecule has 0 aliphatic heterocycles. The number of aromatic nitrogens is 2. The van der Waals surface area contributed by atoms with E-state index in [2.05, 4.69) is 25.5 Å². The maximum Gasteiger partial charge on any atom is 0.223 e. The van der Waals surface area contributed by atoms with Gasteiger partial charge in [-0.1, -0.05) is 23.2 Å². The second-order valence-electron chi connectivity index (χ2n) is 4.60. The highest BCUT2D eigenvalue weighted by Gasteiger charge is 2.11. The number of rotatable bonds is 7. The van der Waals surface area contributed by atoms with Gasteiger partial charge in [0, 0.05) is 18.2 Å². The molecule has 0 bridgehead atoms. The van der Waals surface area contributed by atoms with Crippen LogP contribution in [-0.2, 0) is 0 Å². The van der Waals surface area contributed by atoms with Crippen LogP contribution in [0.3, 0.4) is 0 Å². The first-order valence-corrected chi connectivity index (χ1v) is 7.71. The Labute approximate surface area is 143 Å². The number of nitrogen functional groups attached to an aromatic ring is 1. The first kappa shape index (κ1) is 17.4. The molecular formula is C14H16Cl2N6O. The summed E-state index contributed by atoms with van der Waals surface area (Å²) in [4.78, 5) is 7.97. The van der Waals surface area contributed by atoms with Gasteiger partial charge in [0.05, 0.1) is 5.69 Å². The standard InChI is InChI=1S/C14H16Cl2N6O/c15-9-3-5-10(6-4-9)21-22-11-12(16)19-14(17)20-13(11)18-7-1-2-8-23/h3-6,23H,1-2,7-8H2,(H3,17,18,19,20). The van der Waals surface area contributed by atoms with Gasteiger partial charge in [-0.25, -0.2) is 0 Å². The summed E-state index contributed by atoms with van der Waals surface area (Å²) in [6, 6.07) is 6.88. The molecule has 0 aliphatic carbocycles. The SMILES string of the molecule is Nc1nc(Cl)c(N=Nc2ccc(Cl)cc2)c(NCCCCO)n1. The number of azo groups is 1. The summed E-state index contributed by atoms with van der Waals surface area (Å²) in [7, 11) is 0. The van der Waals surface area contributed by atoms with Crippen molar-refractivity contribution in [2.45, 2.75) is 12.8 Å². The van der Waals surface area contributed by atoms with Crippen LogP contribution in [-0.4, -0.2) is 28.2 Å². The lowest BCUT2D eigenvalue weighted by molar-refractivity contribution is 0.286. The molecular weight excluding hydrogens is 339 g/mol. The molecule has 0 spiro atoms. The molecule has 0 amide bonds. The van der Waals surface area contributed by atoms with E-state index in [1.54, 1.807) is 24.3 Å². The summed E-state index contributed by atoms with van der Waals surface area (Å²) in [5, 5.41) is 20.8. The summed E-state index contributed by atoms with van der Waals surface area (Å²) < 4.78 is 0. The Balaban J connectivity index is 2.20. The van der Waals surface area contributed by atoms with Crippen LogP contribution < -0.4 is 11.1 Å². The van der Waals surface area contributed by atoms with Gasteiger partial charge < -0.3 is 16.2 Å². The van der Waals surface area contributed by atoms with Gasteiger partial charge in [-0.2, -0.15) is 15.1 Å². The van der Waals surface area contributed by atoms with Crippen LogP contribution in [0.1, 0.15) is 12.8 Å². The number of aliphatic hydroxyl groups excluding tert-OH is 1. The van der Waals surface area contributed by atoms with Crippen molar-refractivity contribution >= 4 is 46.3 Å². The molecule has 0 unspecified atom stereocenters. The van der Waals surface area contributed by atoms with Crippen LogP contribution in [0.15, 0.2) is 34.5 Å². The van der Waals surface area contributed by atoms with Crippen molar-refractivity contribution in [2.75, 3.05) is 24.2 Å². The molecule has 2 aromatic rings. The Bertz CT molecular complexity index is 678. The molecule has 0 fully saturated rings. The third-order valence-electron chi connectivity index (χ3n) is 2.83. The number of benzene rings is 1. The number of unbranched alkanes of at least 4 members (excludes halogenated alkanes) is 1. The number of nitrogens with one attached hydrogen (secondary N) is 1. The van der Waals surface area contributed by atoms with Crippen molar-refractivity contribution in [3.05, 3.63) is 34.4 Å². The van der Waals surface area contributed by atoms with E-state index in [4.69, 9.17) is 34.0 Å². The van der Waals surface area contributed by atoms with E-state index in [-0.39, 0.29) is 17.7 Å². The van der Waals surface area contributed by atoms with Gasteiger partial charge in [0.2, 0.25) is 5.95 Å². The van der Waals surface area contributed by atoms with Gasteiger partial charge >= 0.3 is 0 Å². The number of nitrogens with zero attached hydrogens (tertiary/aromatic N) is 4. The number of nitrogens with two attached hydrogens (primary N) is 1. The zero-order chi connectivity index (χ0) is 16.7. The third kappa shape index (κ3) is 5.31. The maximum atomic E-state index is 8.80. The van der Waals surface area contributed by atoms with Crippen LogP contribution in [0.25, 0.3) is 0 Å². The first-order valence-electron chi connectivity index (χ1n) is 6.95. The van der Waals surface area contributed by atoms with Crippen LogP contribution in [0, 0.1) is 0 Å². The first-order chi connectivity index (χ1) is 11.1. The monoisotopic (exact) mass is 354 g/mol. The Hall–Kier alpha value is -1.96. The van der Waals surface area contributed by atoms with Crippen LogP contribution in [0.4, 0.5) is 23.1 Å². The summed E-state index contributed by atoms with van der Waals surface area (Å²) >= 11 is 11.9. The maximum absolute atomic E-state index is 8.80. The lowest BCUT2D eigenvalue weighted by Crippen LogP contribution is -2.07. The topological polar surface area (TPSA) is 109 Å². The van der Waals surface area contributed by atoms with E-state index in [9.17, 15) is 0 Å². The number of hydrogen-bond acceptors (Lipinski definition) is 7. The van der Waals surface area contributed by atoms with Crippen molar-refractivity contribution in [2.24, 2.45) is 10.2 Å². The third-order valence-corrected chi connectivity index (χ3v) is 3.34. The molecule has 7 nitrogen and oxygen atoms in total. The minimum Gasteiger partial charge on any atom is -0.396 e. The molecule has 1 aromatic heterocycles. The molecule has 0 atom stereocenters. The highest BCUT2D eigenvalue weighted by atomic mass is 35.5. The zero-order valence-corrected chi connectivity index (χ0v) is 13.7. The van der Waals surface area contributed by atoms with Gasteiger partial charge in [-0.15, -0.1) is 5.11 Å². The van der Waals surface area contributed by atoms with Crippen molar-refractivity contribution in [3.63, 3.8) is 0 Å². The lowest BCUT2D eigenvalue weighted by atomic mass is 10.3. The van der Waals surface area contributed by atoms with E-state index < -0.39 is 0 Å². The predicted molar refractivity (Wildman–Crippen MR) is 91.9 cm³/mol. The second kappa shape index (κ2) is 8.61. The number of aliphatic hydroxyl groups is 1. The molecule has 1 heterocycles. The number of halogens is 2. The quantitative estimate of drug-likeness (QED) is 0.396. The average molecular weight is 355 g/mol. The molecule has 4 N–H and O–H groups in total. The predicted octanol–water partition coefficient (Wildman–Crippen LogP) is 3.97. The molecule has 23 heavy (non-hydrogen) atoms. The molecule has 122 valence electrons. The molecule has 0 aliphatic rings. The van der Waals surface area contributed by atoms with Crippen molar-refractivity contribution in [1.82, 2.24) is 9.97 Å². The highest BCUT2D eigenvalue weighted by molar-refractivity contribution is 6.32. The molecule has 9 heteroatoms. The van der Waals surface area contributed by atoms with Crippen molar-refractivity contribution in [3.8, 4) is 0 Å². The Morgan fingerprint density at radius 2 is 1.83 bits per heavy atom. The van der Waals surface area contributed by atoms with E-state index in [0.717, 1.165) is 6.42 Å². The average Bonchev–Trinajstić information content (AvgIpc) is 2.52. The van der Waals surface area contributed by atoms with E-state index in [0.29, 0.717) is 35.2 Å². The van der Waals surface area contributed by atoms with Crippen LogP contribution in [0.5, 0.6) is 0 Å². The summed E-state index contributed by atoms with van der Waals surface area (Å²) in [6.07, 6.45) is 1.45. The fourth-order valence-electron chi connectivity index (χ4n) is 1.71. The van der Waals surface area contributed by atoms with Gasteiger partial charge in [0.15, 0.2) is 16.7 Å². The largest absolute Gasteiger partial charge is 0.396 e. The highest BCUT2D eigenvalue weighted by Crippen LogP contribution is 2.32. The molecule has 0 saturated heterocycles. The minimum absolute atomic E-state index is 0.0464. The smallest absolute Gasteiger partial charge is 0.223 e. The Morgan fingerprint density at radius 3 is 2.52 bits per heavy atom. The van der Waals surface area contributed by atoms with Gasteiger partial charge in [0.25, 0.3) is 0 Å². The van der Waals surface area contributed by atoms with Crippen LogP contribution >= 0.6 is 23.2 Å². The number of anilines is 2. The normalized spacial score (nSPS) is 11.1. The lowest BCUT2D eigenvalue weighted by Gasteiger charge is -2.09. The Kier molecular flexibility index (Phi) is 6.52. The fraction of sp³-hybridized carbons (Fsp3) is 0.286. The summed E-state index contributed by atoms with van der Waals surface area (Å²) in [5.74, 6) is 0.447. The fourth-order valence-corrected chi connectivity index (χ4v) is 2.05. The second-order valence-corrected chi connectivity index (χ2v) is 5.40. The van der Waals surface area contributed by atoms with E-state index in [1.807, 2.05) is 0 Å². The molecule has 1 aromatic carbocycles. The van der Waals surface area contributed by atoms with E-state index in [1.165, 1.54) is 0 Å². The molecule has 2 rings (SSSR count). The molecule has 0 radical (unpaired) electrons. The minimum atomic E-state index is 0.0464. The summed E-state index contributed by atoms with van der Waals surface area (Å²) in [6.45, 7) is 0.730. The van der Waals surface area contributed by atoms with Crippen molar-refractivity contribution < 1.29 is 5.11 Å². The number of hydrogen-bond donors (Lipinski definition) is 3. The molecule has 0 saturated carbocycles. The zero-order valence-electron chi connectivity index (χ0n) is 12.2. The van der Waals surface area contributed by atoms with Gasteiger partial charge in [-0.3, -0.25) is 0 Å².